The Morgan fingerprint density at radius 1 is 0.870 bits per heavy atom. The van der Waals surface area contributed by atoms with Gasteiger partial charge in [0.1, 0.15) is 0 Å². The standard InChI is InChI=1S/C21H30N2/c1-2-17-3-5-18(6-4-17)15-22-9-11-23(12-10-22)16-21-14-19-7-8-20(21)13-19/h3-8,19-21H,2,9-16H2,1H3/t19-,20+,21+/m1/s1. The lowest BCUT2D eigenvalue weighted by molar-refractivity contribution is 0.108. The minimum atomic E-state index is 0.898. The first-order chi connectivity index (χ1) is 11.3. The minimum absolute atomic E-state index is 0.898. The summed E-state index contributed by atoms with van der Waals surface area (Å²) in [5.41, 5.74) is 2.91. The highest BCUT2D eigenvalue weighted by Crippen LogP contribution is 2.43. The van der Waals surface area contributed by atoms with E-state index in [0.717, 1.165) is 30.7 Å². The van der Waals surface area contributed by atoms with Crippen LogP contribution in [0.1, 0.15) is 30.9 Å². The Hall–Kier alpha value is -1.12. The summed E-state index contributed by atoms with van der Waals surface area (Å²) in [6, 6.07) is 9.20. The van der Waals surface area contributed by atoms with Crippen LogP contribution >= 0.6 is 0 Å². The summed E-state index contributed by atoms with van der Waals surface area (Å²) in [6.07, 6.45) is 8.98. The van der Waals surface area contributed by atoms with E-state index < -0.39 is 0 Å². The molecule has 0 amide bonds. The van der Waals surface area contributed by atoms with E-state index in [1.807, 2.05) is 0 Å². The molecule has 0 spiro atoms. The summed E-state index contributed by atoms with van der Waals surface area (Å²) in [6.45, 7) is 9.65. The Morgan fingerprint density at radius 3 is 2.17 bits per heavy atom. The van der Waals surface area contributed by atoms with Gasteiger partial charge in [0.25, 0.3) is 0 Å². The first-order valence-corrected chi connectivity index (χ1v) is 9.51. The fourth-order valence-corrected chi connectivity index (χ4v) is 4.70. The van der Waals surface area contributed by atoms with E-state index in [9.17, 15) is 0 Å². The van der Waals surface area contributed by atoms with Gasteiger partial charge in [-0.25, -0.2) is 0 Å². The summed E-state index contributed by atoms with van der Waals surface area (Å²) >= 11 is 0. The van der Waals surface area contributed by atoms with Crippen LogP contribution in [0.15, 0.2) is 36.4 Å². The lowest BCUT2D eigenvalue weighted by atomic mass is 9.93. The number of nitrogens with zero attached hydrogens (tertiary/aromatic N) is 2. The molecular formula is C21H30N2. The van der Waals surface area contributed by atoms with E-state index >= 15 is 0 Å². The number of fused-ring (bicyclic) bond motifs is 2. The van der Waals surface area contributed by atoms with Gasteiger partial charge in [-0.1, -0.05) is 43.3 Å². The first-order valence-electron chi connectivity index (χ1n) is 9.51. The normalized spacial score (nSPS) is 31.1. The van der Waals surface area contributed by atoms with Crippen LogP contribution in [0.2, 0.25) is 0 Å². The molecule has 0 N–H and O–H groups in total. The molecule has 0 aromatic heterocycles. The fraction of sp³-hybridized carbons (Fsp3) is 0.619. The third-order valence-corrected chi connectivity index (χ3v) is 6.21. The van der Waals surface area contributed by atoms with E-state index in [4.69, 9.17) is 0 Å². The number of allylic oxidation sites excluding steroid dienone is 2. The van der Waals surface area contributed by atoms with Crippen molar-refractivity contribution < 1.29 is 0 Å². The Labute approximate surface area is 141 Å². The smallest absolute Gasteiger partial charge is 0.0234 e. The van der Waals surface area contributed by atoms with Crippen LogP contribution < -0.4 is 0 Å². The first kappa shape index (κ1) is 15.4. The SMILES string of the molecule is CCc1ccc(CN2CCN(C[C@@H]3C[C@@H]4C=C[C@H]3C4)CC2)cc1. The average molecular weight is 310 g/mol. The van der Waals surface area contributed by atoms with E-state index in [2.05, 4.69) is 53.1 Å². The number of rotatable bonds is 5. The summed E-state index contributed by atoms with van der Waals surface area (Å²) in [5, 5.41) is 0. The molecule has 1 aliphatic heterocycles. The third-order valence-electron chi connectivity index (χ3n) is 6.21. The van der Waals surface area contributed by atoms with Gasteiger partial charge in [0.05, 0.1) is 0 Å². The number of hydrogen-bond donors (Lipinski definition) is 0. The Bertz CT molecular complexity index is 539. The van der Waals surface area contributed by atoms with Gasteiger partial charge < -0.3 is 4.90 Å². The molecule has 0 unspecified atom stereocenters. The predicted octanol–water partition coefficient (Wildman–Crippen LogP) is 3.58. The molecule has 2 aliphatic carbocycles. The molecule has 2 fully saturated rings. The monoisotopic (exact) mass is 310 g/mol. The molecule has 2 nitrogen and oxygen atoms in total. The van der Waals surface area contributed by atoms with Crippen molar-refractivity contribution in [3.63, 3.8) is 0 Å². The zero-order chi connectivity index (χ0) is 15.6. The van der Waals surface area contributed by atoms with E-state index in [1.54, 1.807) is 0 Å². The molecular weight excluding hydrogens is 280 g/mol. The van der Waals surface area contributed by atoms with Crippen molar-refractivity contribution in [1.29, 1.82) is 0 Å². The highest BCUT2D eigenvalue weighted by Gasteiger charge is 2.36. The van der Waals surface area contributed by atoms with E-state index in [0.29, 0.717) is 0 Å². The van der Waals surface area contributed by atoms with Gasteiger partial charge in [0.2, 0.25) is 0 Å². The maximum Gasteiger partial charge on any atom is 0.0234 e. The van der Waals surface area contributed by atoms with Crippen LogP contribution in [0.25, 0.3) is 0 Å². The van der Waals surface area contributed by atoms with Crippen LogP contribution in [-0.4, -0.2) is 42.5 Å². The molecule has 3 aliphatic rings. The minimum Gasteiger partial charge on any atom is -0.300 e. The second-order valence-corrected chi connectivity index (χ2v) is 7.79. The van der Waals surface area contributed by atoms with Crippen molar-refractivity contribution in [3.8, 4) is 0 Å². The van der Waals surface area contributed by atoms with Crippen molar-refractivity contribution in [2.75, 3.05) is 32.7 Å². The van der Waals surface area contributed by atoms with Crippen LogP contribution in [0.5, 0.6) is 0 Å². The van der Waals surface area contributed by atoms with Crippen LogP contribution in [-0.2, 0) is 13.0 Å². The summed E-state index contributed by atoms with van der Waals surface area (Å²) < 4.78 is 0. The number of benzene rings is 1. The zero-order valence-corrected chi connectivity index (χ0v) is 14.5. The van der Waals surface area contributed by atoms with E-state index in [-0.39, 0.29) is 0 Å². The van der Waals surface area contributed by atoms with Gasteiger partial charge >= 0.3 is 0 Å². The quantitative estimate of drug-likeness (QED) is 0.767. The predicted molar refractivity (Wildman–Crippen MR) is 96.4 cm³/mol. The second-order valence-electron chi connectivity index (χ2n) is 7.79. The molecule has 1 aromatic rings. The summed E-state index contributed by atoms with van der Waals surface area (Å²) in [7, 11) is 0. The van der Waals surface area contributed by atoms with Gasteiger partial charge in [0, 0.05) is 39.3 Å². The zero-order valence-electron chi connectivity index (χ0n) is 14.5. The van der Waals surface area contributed by atoms with Gasteiger partial charge in [-0.2, -0.15) is 0 Å². The molecule has 124 valence electrons. The Balaban J connectivity index is 1.23. The Kier molecular flexibility index (Phi) is 4.54. The number of hydrogen-bond acceptors (Lipinski definition) is 2. The van der Waals surface area contributed by atoms with Crippen molar-refractivity contribution in [2.24, 2.45) is 17.8 Å². The second kappa shape index (κ2) is 6.78. The van der Waals surface area contributed by atoms with Crippen LogP contribution in [0, 0.1) is 17.8 Å². The van der Waals surface area contributed by atoms with E-state index in [1.165, 1.54) is 56.7 Å². The number of aryl methyl sites for hydroxylation is 1. The number of piperazine rings is 1. The van der Waals surface area contributed by atoms with Gasteiger partial charge in [-0.05, 0) is 48.1 Å². The molecule has 23 heavy (non-hydrogen) atoms. The maximum absolute atomic E-state index is 2.72. The largest absolute Gasteiger partial charge is 0.300 e. The molecule has 0 radical (unpaired) electrons. The van der Waals surface area contributed by atoms with Gasteiger partial charge in [-0.15, -0.1) is 0 Å². The van der Waals surface area contributed by atoms with Gasteiger partial charge in [-0.3, -0.25) is 4.90 Å². The Morgan fingerprint density at radius 2 is 1.57 bits per heavy atom. The molecule has 1 saturated carbocycles. The molecule has 1 saturated heterocycles. The molecule has 2 heteroatoms. The van der Waals surface area contributed by atoms with Crippen LogP contribution in [0.3, 0.4) is 0 Å². The van der Waals surface area contributed by atoms with Crippen molar-refractivity contribution >= 4 is 0 Å². The fourth-order valence-electron chi connectivity index (χ4n) is 4.70. The summed E-state index contributed by atoms with van der Waals surface area (Å²) in [4.78, 5) is 5.34. The van der Waals surface area contributed by atoms with Gasteiger partial charge in [0.15, 0.2) is 0 Å². The van der Waals surface area contributed by atoms with Crippen molar-refractivity contribution in [2.45, 2.75) is 32.7 Å². The van der Waals surface area contributed by atoms with Crippen molar-refractivity contribution in [1.82, 2.24) is 9.80 Å². The molecule has 2 bridgehead atoms. The highest BCUT2D eigenvalue weighted by atomic mass is 15.3. The van der Waals surface area contributed by atoms with Crippen molar-refractivity contribution in [3.05, 3.63) is 47.5 Å². The molecule has 3 atom stereocenters. The lowest BCUT2D eigenvalue weighted by Crippen LogP contribution is -2.47. The highest BCUT2D eigenvalue weighted by molar-refractivity contribution is 5.22. The lowest BCUT2D eigenvalue weighted by Gasteiger charge is -2.37. The maximum atomic E-state index is 2.72. The average Bonchev–Trinajstić information content (AvgIpc) is 3.20. The molecule has 1 heterocycles. The van der Waals surface area contributed by atoms with Crippen LogP contribution in [0.4, 0.5) is 0 Å². The summed E-state index contributed by atoms with van der Waals surface area (Å²) in [5.74, 6) is 2.76. The molecule has 1 aromatic carbocycles. The topological polar surface area (TPSA) is 6.48 Å². The third kappa shape index (κ3) is 3.54. The molecule has 4 rings (SSSR count).